The van der Waals surface area contributed by atoms with Crippen LogP contribution >= 0.6 is 0 Å². The van der Waals surface area contributed by atoms with Gasteiger partial charge in [0.15, 0.2) is 11.5 Å². The molecule has 7 nitrogen and oxygen atoms in total. The van der Waals surface area contributed by atoms with Crippen LogP contribution in [0.3, 0.4) is 0 Å². The highest BCUT2D eigenvalue weighted by molar-refractivity contribution is 7.91. The Morgan fingerprint density at radius 3 is 2.45 bits per heavy atom. The number of hydrogen-bond donors (Lipinski definition) is 2. The molecule has 0 aliphatic carbocycles. The Balaban J connectivity index is 2.23. The van der Waals surface area contributed by atoms with Gasteiger partial charge in [0.1, 0.15) is 0 Å². The van der Waals surface area contributed by atoms with Gasteiger partial charge in [0.05, 0.1) is 5.75 Å². The van der Waals surface area contributed by atoms with Crippen LogP contribution in [0.25, 0.3) is 0 Å². The van der Waals surface area contributed by atoms with Gasteiger partial charge in [-0.05, 0) is 5.56 Å². The van der Waals surface area contributed by atoms with Crippen LogP contribution in [-0.4, -0.2) is 29.5 Å². The summed E-state index contributed by atoms with van der Waals surface area (Å²) >= 11 is 0. The van der Waals surface area contributed by atoms with E-state index in [2.05, 4.69) is 14.7 Å². The lowest BCUT2D eigenvalue weighted by Gasteiger charge is -2.08. The molecule has 2 N–H and O–H groups in total. The van der Waals surface area contributed by atoms with E-state index >= 15 is 0 Å². The second kappa shape index (κ2) is 5.66. The SMILES string of the molecule is O=C(O)c1nccnc1NS(=O)(=O)Cc1ccccc1. The molecule has 2 rings (SSSR count). The van der Waals surface area contributed by atoms with Gasteiger partial charge < -0.3 is 5.11 Å². The van der Waals surface area contributed by atoms with E-state index in [1.807, 2.05) is 0 Å². The molecule has 0 bridgehead atoms. The number of aromatic nitrogens is 2. The van der Waals surface area contributed by atoms with Crippen molar-refractivity contribution in [3.05, 3.63) is 54.0 Å². The van der Waals surface area contributed by atoms with Crippen molar-refractivity contribution in [1.82, 2.24) is 9.97 Å². The summed E-state index contributed by atoms with van der Waals surface area (Å²) in [4.78, 5) is 18.2. The molecule has 2 aromatic rings. The minimum Gasteiger partial charge on any atom is -0.476 e. The lowest BCUT2D eigenvalue weighted by atomic mass is 10.2. The molecule has 0 fully saturated rings. The lowest BCUT2D eigenvalue weighted by molar-refractivity contribution is 0.0691. The zero-order valence-electron chi connectivity index (χ0n) is 10.2. The van der Waals surface area contributed by atoms with E-state index in [0.29, 0.717) is 5.56 Å². The summed E-state index contributed by atoms with van der Waals surface area (Å²) in [6.45, 7) is 0. The van der Waals surface area contributed by atoms with Gasteiger partial charge in [0, 0.05) is 12.4 Å². The van der Waals surface area contributed by atoms with Gasteiger partial charge in [-0.3, -0.25) is 4.72 Å². The summed E-state index contributed by atoms with van der Waals surface area (Å²) < 4.78 is 26.1. The molecular formula is C12H11N3O4S. The Morgan fingerprint density at radius 2 is 1.80 bits per heavy atom. The average Bonchev–Trinajstić information content (AvgIpc) is 2.39. The first-order chi connectivity index (χ1) is 9.48. The Bertz CT molecular complexity index is 716. The summed E-state index contributed by atoms with van der Waals surface area (Å²) in [6.07, 6.45) is 2.39. The van der Waals surface area contributed by atoms with Gasteiger partial charge in [-0.1, -0.05) is 30.3 Å². The Labute approximate surface area is 115 Å². The molecule has 0 aliphatic heterocycles. The largest absolute Gasteiger partial charge is 0.476 e. The molecule has 1 aromatic heterocycles. The minimum atomic E-state index is -3.76. The molecule has 0 atom stereocenters. The number of nitrogens with one attached hydrogen (secondary N) is 1. The van der Waals surface area contributed by atoms with Gasteiger partial charge >= 0.3 is 5.97 Å². The van der Waals surface area contributed by atoms with Crippen LogP contribution in [0.4, 0.5) is 5.82 Å². The van der Waals surface area contributed by atoms with Crippen molar-refractivity contribution in [2.45, 2.75) is 5.75 Å². The number of anilines is 1. The third-order valence-electron chi connectivity index (χ3n) is 2.35. The van der Waals surface area contributed by atoms with Crippen molar-refractivity contribution in [2.24, 2.45) is 0 Å². The van der Waals surface area contributed by atoms with Gasteiger partial charge in [0.2, 0.25) is 10.0 Å². The van der Waals surface area contributed by atoms with Crippen molar-refractivity contribution in [3.8, 4) is 0 Å². The topological polar surface area (TPSA) is 109 Å². The quantitative estimate of drug-likeness (QED) is 0.854. The van der Waals surface area contributed by atoms with Crippen LogP contribution in [0, 0.1) is 0 Å². The number of rotatable bonds is 5. The van der Waals surface area contributed by atoms with E-state index in [9.17, 15) is 13.2 Å². The monoisotopic (exact) mass is 293 g/mol. The van der Waals surface area contributed by atoms with E-state index in [0.717, 1.165) is 0 Å². The molecule has 0 amide bonds. The number of sulfonamides is 1. The number of carbonyl (C=O) groups is 1. The summed E-state index contributed by atoms with van der Waals surface area (Å²) in [5, 5.41) is 8.91. The fraction of sp³-hybridized carbons (Fsp3) is 0.0833. The first kappa shape index (κ1) is 13.9. The molecule has 0 saturated heterocycles. The van der Waals surface area contributed by atoms with Crippen LogP contribution in [0.1, 0.15) is 16.1 Å². The molecule has 8 heteroatoms. The Hall–Kier alpha value is -2.48. The van der Waals surface area contributed by atoms with Crippen LogP contribution in [-0.2, 0) is 15.8 Å². The Kier molecular flexibility index (Phi) is 3.94. The number of carboxylic acids is 1. The van der Waals surface area contributed by atoms with E-state index in [4.69, 9.17) is 5.11 Å². The van der Waals surface area contributed by atoms with E-state index in [1.165, 1.54) is 12.4 Å². The molecular weight excluding hydrogens is 282 g/mol. The fourth-order valence-electron chi connectivity index (χ4n) is 1.55. The van der Waals surface area contributed by atoms with Crippen LogP contribution in [0.2, 0.25) is 0 Å². The second-order valence-corrected chi connectivity index (χ2v) is 5.63. The van der Waals surface area contributed by atoms with E-state index < -0.39 is 21.7 Å². The Morgan fingerprint density at radius 1 is 1.15 bits per heavy atom. The predicted octanol–water partition coefficient (Wildman–Crippen LogP) is 1.12. The highest BCUT2D eigenvalue weighted by atomic mass is 32.2. The molecule has 1 heterocycles. The molecule has 0 saturated carbocycles. The predicted molar refractivity (Wildman–Crippen MR) is 71.7 cm³/mol. The summed E-state index contributed by atoms with van der Waals surface area (Å²) in [5.74, 6) is -1.92. The maximum atomic E-state index is 12.0. The van der Waals surface area contributed by atoms with E-state index in [1.54, 1.807) is 30.3 Å². The molecule has 0 unspecified atom stereocenters. The number of aromatic carboxylic acids is 1. The van der Waals surface area contributed by atoms with E-state index in [-0.39, 0.29) is 11.6 Å². The minimum absolute atomic E-state index is 0.274. The van der Waals surface area contributed by atoms with Gasteiger partial charge in [-0.15, -0.1) is 0 Å². The van der Waals surface area contributed by atoms with Crippen LogP contribution in [0.15, 0.2) is 42.7 Å². The summed E-state index contributed by atoms with van der Waals surface area (Å²) in [7, 11) is -3.76. The zero-order valence-corrected chi connectivity index (χ0v) is 11.0. The number of carboxylic acid groups (broad SMARTS) is 1. The summed E-state index contributed by atoms with van der Waals surface area (Å²) in [6, 6.07) is 8.53. The molecule has 104 valence electrons. The van der Waals surface area contributed by atoms with Crippen molar-refractivity contribution < 1.29 is 18.3 Å². The average molecular weight is 293 g/mol. The fourth-order valence-corrected chi connectivity index (χ4v) is 2.69. The van der Waals surface area contributed by atoms with Gasteiger partial charge in [0.25, 0.3) is 0 Å². The van der Waals surface area contributed by atoms with Crippen molar-refractivity contribution >= 4 is 21.8 Å². The maximum Gasteiger partial charge on any atom is 0.358 e. The standard InChI is InChI=1S/C12H11N3O4S/c16-12(17)10-11(14-7-6-13-10)15-20(18,19)8-9-4-2-1-3-5-9/h1-7H,8H2,(H,14,15)(H,16,17). The third kappa shape index (κ3) is 3.51. The van der Waals surface area contributed by atoms with Gasteiger partial charge in [-0.2, -0.15) is 0 Å². The zero-order chi connectivity index (χ0) is 14.6. The van der Waals surface area contributed by atoms with Crippen LogP contribution < -0.4 is 4.72 Å². The number of nitrogens with zero attached hydrogens (tertiary/aromatic N) is 2. The highest BCUT2D eigenvalue weighted by Gasteiger charge is 2.18. The maximum absolute atomic E-state index is 12.0. The summed E-state index contributed by atoms with van der Waals surface area (Å²) in [5.41, 5.74) is 0.143. The first-order valence-electron chi connectivity index (χ1n) is 5.57. The number of benzene rings is 1. The normalized spacial score (nSPS) is 11.0. The van der Waals surface area contributed by atoms with Crippen molar-refractivity contribution in [1.29, 1.82) is 0 Å². The second-order valence-electron chi connectivity index (χ2n) is 3.91. The van der Waals surface area contributed by atoms with Crippen LogP contribution in [0.5, 0.6) is 0 Å². The molecule has 0 aliphatic rings. The third-order valence-corrected chi connectivity index (χ3v) is 3.57. The number of hydrogen-bond acceptors (Lipinski definition) is 5. The molecule has 0 spiro atoms. The lowest BCUT2D eigenvalue weighted by Crippen LogP contribution is -2.19. The molecule has 0 radical (unpaired) electrons. The van der Waals surface area contributed by atoms with Crippen molar-refractivity contribution in [3.63, 3.8) is 0 Å². The van der Waals surface area contributed by atoms with Gasteiger partial charge in [-0.25, -0.2) is 23.2 Å². The first-order valence-corrected chi connectivity index (χ1v) is 7.22. The van der Waals surface area contributed by atoms with Crippen molar-refractivity contribution in [2.75, 3.05) is 4.72 Å². The highest BCUT2D eigenvalue weighted by Crippen LogP contribution is 2.13. The smallest absolute Gasteiger partial charge is 0.358 e. The molecule has 1 aromatic carbocycles. The molecule has 20 heavy (non-hydrogen) atoms.